The van der Waals surface area contributed by atoms with E-state index < -0.39 is 5.97 Å². The van der Waals surface area contributed by atoms with Crippen molar-refractivity contribution in [2.75, 3.05) is 14.2 Å². The molecule has 0 aliphatic rings. The number of ether oxygens (including phenoxy) is 2. The molecule has 3 aromatic rings. The van der Waals surface area contributed by atoms with Crippen molar-refractivity contribution in [3.8, 4) is 22.8 Å². The predicted molar refractivity (Wildman–Crippen MR) is 104 cm³/mol. The van der Waals surface area contributed by atoms with Crippen LogP contribution in [0.15, 0.2) is 65.1 Å². The van der Waals surface area contributed by atoms with Gasteiger partial charge in [0.1, 0.15) is 11.5 Å². The van der Waals surface area contributed by atoms with E-state index in [1.54, 1.807) is 36.4 Å². The topological polar surface area (TPSA) is 86.0 Å². The van der Waals surface area contributed by atoms with Crippen LogP contribution in [0.4, 0.5) is 0 Å². The number of methoxy groups -OCH3 is 2. The van der Waals surface area contributed by atoms with Crippen molar-refractivity contribution < 1.29 is 28.6 Å². The summed E-state index contributed by atoms with van der Waals surface area (Å²) in [6.07, 6.45) is 2.90. The number of ketones is 1. The molecular weight excluding hydrogens is 360 g/mol. The van der Waals surface area contributed by atoms with Gasteiger partial charge in [-0.25, -0.2) is 4.79 Å². The molecule has 0 saturated heterocycles. The van der Waals surface area contributed by atoms with E-state index in [-0.39, 0.29) is 17.3 Å². The van der Waals surface area contributed by atoms with Gasteiger partial charge in [0.15, 0.2) is 17.3 Å². The first kappa shape index (κ1) is 19.0. The zero-order chi connectivity index (χ0) is 20.1. The van der Waals surface area contributed by atoms with Crippen molar-refractivity contribution in [3.05, 3.63) is 77.6 Å². The van der Waals surface area contributed by atoms with Gasteiger partial charge in [-0.15, -0.1) is 0 Å². The average molecular weight is 378 g/mol. The Morgan fingerprint density at radius 3 is 2.57 bits per heavy atom. The Labute approximate surface area is 161 Å². The van der Waals surface area contributed by atoms with Crippen molar-refractivity contribution in [1.82, 2.24) is 0 Å². The first-order valence-electron chi connectivity index (χ1n) is 8.40. The van der Waals surface area contributed by atoms with Crippen molar-refractivity contribution in [2.24, 2.45) is 0 Å². The van der Waals surface area contributed by atoms with Crippen LogP contribution >= 0.6 is 0 Å². The van der Waals surface area contributed by atoms with Gasteiger partial charge >= 0.3 is 5.97 Å². The molecule has 0 aliphatic carbocycles. The van der Waals surface area contributed by atoms with Crippen LogP contribution in [-0.2, 0) is 4.74 Å². The van der Waals surface area contributed by atoms with Gasteiger partial charge in [0.2, 0.25) is 0 Å². The van der Waals surface area contributed by atoms with Gasteiger partial charge in [-0.05, 0) is 48.6 Å². The summed E-state index contributed by atoms with van der Waals surface area (Å²) in [5, 5.41) is 9.61. The van der Waals surface area contributed by atoms with E-state index in [2.05, 4.69) is 0 Å². The van der Waals surface area contributed by atoms with Crippen LogP contribution in [0.25, 0.3) is 17.4 Å². The molecule has 0 fully saturated rings. The van der Waals surface area contributed by atoms with Gasteiger partial charge in [-0.1, -0.05) is 18.2 Å². The first-order chi connectivity index (χ1) is 13.5. The molecule has 3 rings (SSSR count). The molecule has 0 atom stereocenters. The Bertz CT molecular complexity index is 1040. The summed E-state index contributed by atoms with van der Waals surface area (Å²) in [4.78, 5) is 24.2. The number of hydrogen-bond acceptors (Lipinski definition) is 6. The number of phenols is 1. The molecule has 1 N–H and O–H groups in total. The molecule has 0 spiro atoms. The summed E-state index contributed by atoms with van der Waals surface area (Å²) in [7, 11) is 2.73. The second-order valence-corrected chi connectivity index (χ2v) is 5.82. The predicted octanol–water partition coefficient (Wildman–Crippen LogP) is 4.34. The Balaban J connectivity index is 1.82. The van der Waals surface area contributed by atoms with E-state index in [1.165, 1.54) is 44.6 Å². The lowest BCUT2D eigenvalue weighted by molar-refractivity contribution is 0.0601. The lowest BCUT2D eigenvalue weighted by atomic mass is 10.1. The second kappa shape index (κ2) is 8.26. The van der Waals surface area contributed by atoms with Crippen LogP contribution in [0.2, 0.25) is 0 Å². The third-order valence-corrected chi connectivity index (χ3v) is 4.09. The van der Waals surface area contributed by atoms with E-state index in [9.17, 15) is 14.7 Å². The van der Waals surface area contributed by atoms with Crippen LogP contribution in [0, 0.1) is 0 Å². The molecule has 28 heavy (non-hydrogen) atoms. The van der Waals surface area contributed by atoms with E-state index in [4.69, 9.17) is 13.9 Å². The highest BCUT2D eigenvalue weighted by molar-refractivity contribution is 6.07. The maximum absolute atomic E-state index is 12.3. The molecule has 0 bridgehead atoms. The Hall–Kier alpha value is -3.80. The van der Waals surface area contributed by atoms with Crippen molar-refractivity contribution in [1.29, 1.82) is 0 Å². The maximum Gasteiger partial charge on any atom is 0.338 e. The van der Waals surface area contributed by atoms with Crippen LogP contribution in [0.1, 0.15) is 26.5 Å². The molecule has 6 nitrogen and oxygen atoms in total. The number of rotatable bonds is 6. The smallest absolute Gasteiger partial charge is 0.338 e. The fraction of sp³-hybridized carbons (Fsp3) is 0.0909. The van der Waals surface area contributed by atoms with Crippen LogP contribution < -0.4 is 4.74 Å². The summed E-state index contributed by atoms with van der Waals surface area (Å²) in [6, 6.07) is 14.7. The van der Waals surface area contributed by atoms with Gasteiger partial charge in [0, 0.05) is 11.1 Å². The highest BCUT2D eigenvalue weighted by Crippen LogP contribution is 2.28. The number of furan rings is 1. The number of carbonyl (C=O) groups excluding carboxylic acids is 2. The molecular formula is C22H18O6. The quantitative estimate of drug-likeness (QED) is 0.390. The van der Waals surface area contributed by atoms with E-state index in [0.29, 0.717) is 28.2 Å². The monoisotopic (exact) mass is 378 g/mol. The van der Waals surface area contributed by atoms with E-state index in [0.717, 1.165) is 0 Å². The Morgan fingerprint density at radius 2 is 1.82 bits per heavy atom. The van der Waals surface area contributed by atoms with Crippen LogP contribution in [0.5, 0.6) is 11.5 Å². The highest BCUT2D eigenvalue weighted by atomic mass is 16.5. The number of carbonyl (C=O) groups is 2. The standard InChI is InChI=1S/C22H18O6/c1-26-21-13-14(7-10-19(21)24)18(23)11-8-15-9-12-20(28-15)16-5-3-4-6-17(16)22(25)27-2/h3-13,24H,1-2H3/b11-8+. The second-order valence-electron chi connectivity index (χ2n) is 5.82. The fourth-order valence-corrected chi connectivity index (χ4v) is 2.66. The number of aromatic hydroxyl groups is 1. The fourth-order valence-electron chi connectivity index (χ4n) is 2.66. The molecule has 0 unspecified atom stereocenters. The molecule has 1 aromatic heterocycles. The normalized spacial score (nSPS) is 10.8. The average Bonchev–Trinajstić information content (AvgIpc) is 3.20. The zero-order valence-electron chi connectivity index (χ0n) is 15.3. The SMILES string of the molecule is COC(=O)c1ccccc1-c1ccc(/C=C/C(=O)c2ccc(O)c(OC)c2)o1. The van der Waals surface area contributed by atoms with E-state index >= 15 is 0 Å². The largest absolute Gasteiger partial charge is 0.504 e. The minimum Gasteiger partial charge on any atom is -0.504 e. The van der Waals surface area contributed by atoms with Gasteiger partial charge in [0.05, 0.1) is 19.8 Å². The number of hydrogen-bond donors (Lipinski definition) is 1. The number of phenolic OH excluding ortho intramolecular Hbond substituents is 1. The highest BCUT2D eigenvalue weighted by Gasteiger charge is 2.15. The lowest BCUT2D eigenvalue weighted by Crippen LogP contribution is -2.02. The van der Waals surface area contributed by atoms with Crippen molar-refractivity contribution in [3.63, 3.8) is 0 Å². The van der Waals surface area contributed by atoms with Crippen molar-refractivity contribution in [2.45, 2.75) is 0 Å². The lowest BCUT2D eigenvalue weighted by Gasteiger charge is -2.04. The molecule has 0 aliphatic heterocycles. The minimum atomic E-state index is -0.458. The maximum atomic E-state index is 12.3. The summed E-state index contributed by atoms with van der Waals surface area (Å²) in [6.45, 7) is 0. The molecule has 6 heteroatoms. The molecule has 0 amide bonds. The Morgan fingerprint density at radius 1 is 1.04 bits per heavy atom. The number of esters is 1. The Kier molecular flexibility index (Phi) is 5.60. The zero-order valence-corrected chi connectivity index (χ0v) is 15.3. The van der Waals surface area contributed by atoms with Gasteiger partial charge in [-0.2, -0.15) is 0 Å². The summed E-state index contributed by atoms with van der Waals surface area (Å²) in [5.74, 6) is 0.391. The number of benzene rings is 2. The van der Waals surface area contributed by atoms with E-state index in [1.807, 2.05) is 0 Å². The molecule has 142 valence electrons. The van der Waals surface area contributed by atoms with Crippen LogP contribution in [0.3, 0.4) is 0 Å². The number of allylic oxidation sites excluding steroid dienone is 1. The third kappa shape index (κ3) is 3.96. The summed E-state index contributed by atoms with van der Waals surface area (Å²) < 4.78 is 15.5. The molecule has 1 heterocycles. The molecule has 2 aromatic carbocycles. The van der Waals surface area contributed by atoms with Gasteiger partial charge in [-0.3, -0.25) is 4.79 Å². The molecule has 0 radical (unpaired) electrons. The molecule has 0 saturated carbocycles. The van der Waals surface area contributed by atoms with Crippen molar-refractivity contribution >= 4 is 17.8 Å². The first-order valence-corrected chi connectivity index (χ1v) is 8.40. The van der Waals surface area contributed by atoms with Crippen LogP contribution in [-0.4, -0.2) is 31.1 Å². The summed E-state index contributed by atoms with van der Waals surface area (Å²) >= 11 is 0. The third-order valence-electron chi connectivity index (χ3n) is 4.09. The van der Waals surface area contributed by atoms with Gasteiger partial charge < -0.3 is 19.0 Å². The minimum absolute atomic E-state index is 0.0389. The van der Waals surface area contributed by atoms with Gasteiger partial charge in [0.25, 0.3) is 0 Å². The summed E-state index contributed by atoms with van der Waals surface area (Å²) in [5.41, 5.74) is 1.36.